The number of benzene rings is 1. The predicted octanol–water partition coefficient (Wildman–Crippen LogP) is 2.25. The SMILES string of the molecule is COc1cccc2c1CC1=C(C2=O)[C@@H](O)CC(C)(C)O1. The van der Waals surface area contributed by atoms with E-state index in [0.29, 0.717) is 35.5 Å². The molecule has 1 aliphatic carbocycles. The molecule has 1 atom stereocenters. The lowest BCUT2D eigenvalue weighted by atomic mass is 9.81. The van der Waals surface area contributed by atoms with E-state index in [2.05, 4.69) is 0 Å². The number of aliphatic hydroxyl groups is 1. The van der Waals surface area contributed by atoms with E-state index < -0.39 is 11.7 Å². The summed E-state index contributed by atoms with van der Waals surface area (Å²) in [5.74, 6) is 1.11. The van der Waals surface area contributed by atoms with Gasteiger partial charge in [0.2, 0.25) is 0 Å². The summed E-state index contributed by atoms with van der Waals surface area (Å²) in [6, 6.07) is 5.40. The van der Waals surface area contributed by atoms with Gasteiger partial charge in [0.1, 0.15) is 17.1 Å². The number of hydrogen-bond acceptors (Lipinski definition) is 4. The molecule has 2 aliphatic rings. The van der Waals surface area contributed by atoms with Crippen LogP contribution in [0.3, 0.4) is 0 Å². The molecule has 0 aromatic heterocycles. The molecule has 4 nitrogen and oxygen atoms in total. The highest BCUT2D eigenvalue weighted by Crippen LogP contribution is 2.40. The number of rotatable bonds is 1. The van der Waals surface area contributed by atoms with Crippen molar-refractivity contribution in [2.45, 2.75) is 38.4 Å². The number of allylic oxidation sites excluding steroid dienone is 1. The molecule has 0 saturated carbocycles. The van der Waals surface area contributed by atoms with E-state index in [1.165, 1.54) is 0 Å². The molecule has 0 radical (unpaired) electrons. The minimum Gasteiger partial charge on any atom is -0.496 e. The molecule has 3 rings (SSSR count). The van der Waals surface area contributed by atoms with Gasteiger partial charge in [0.25, 0.3) is 0 Å². The molecule has 20 heavy (non-hydrogen) atoms. The number of ketones is 1. The van der Waals surface area contributed by atoms with Crippen LogP contribution in [-0.2, 0) is 11.2 Å². The van der Waals surface area contributed by atoms with Crippen LogP contribution in [0.5, 0.6) is 5.75 Å². The largest absolute Gasteiger partial charge is 0.496 e. The van der Waals surface area contributed by atoms with Crippen molar-refractivity contribution in [3.05, 3.63) is 40.7 Å². The highest BCUT2D eigenvalue weighted by Gasteiger charge is 2.41. The Morgan fingerprint density at radius 2 is 2.15 bits per heavy atom. The fraction of sp³-hybridized carbons (Fsp3) is 0.438. The zero-order chi connectivity index (χ0) is 14.5. The van der Waals surface area contributed by atoms with Crippen molar-refractivity contribution in [2.75, 3.05) is 7.11 Å². The third kappa shape index (κ3) is 1.91. The second-order valence-corrected chi connectivity index (χ2v) is 5.91. The highest BCUT2D eigenvalue weighted by molar-refractivity contribution is 6.12. The van der Waals surface area contributed by atoms with Gasteiger partial charge in [-0.05, 0) is 19.9 Å². The standard InChI is InChI=1S/C16H18O4/c1-16(2)8-11(17)14-13(20-16)7-10-9(15(14)18)5-4-6-12(10)19-3/h4-6,11,17H,7-8H2,1-3H3/t11-/m0/s1. The summed E-state index contributed by atoms with van der Waals surface area (Å²) in [5.41, 5.74) is 1.39. The van der Waals surface area contributed by atoms with Gasteiger partial charge in [-0.25, -0.2) is 0 Å². The maximum absolute atomic E-state index is 12.6. The van der Waals surface area contributed by atoms with Crippen LogP contribution < -0.4 is 4.74 Å². The lowest BCUT2D eigenvalue weighted by Gasteiger charge is -2.39. The maximum Gasteiger partial charge on any atom is 0.195 e. The van der Waals surface area contributed by atoms with Crippen molar-refractivity contribution >= 4 is 5.78 Å². The molecule has 0 saturated heterocycles. The normalized spacial score (nSPS) is 23.8. The Bertz CT molecular complexity index is 613. The molecule has 0 fully saturated rings. The van der Waals surface area contributed by atoms with Crippen LogP contribution in [0.25, 0.3) is 0 Å². The van der Waals surface area contributed by atoms with Crippen LogP contribution in [0.15, 0.2) is 29.5 Å². The second-order valence-electron chi connectivity index (χ2n) is 5.91. The first kappa shape index (κ1) is 13.2. The summed E-state index contributed by atoms with van der Waals surface area (Å²) < 4.78 is 11.2. The van der Waals surface area contributed by atoms with E-state index >= 15 is 0 Å². The third-order valence-corrected chi connectivity index (χ3v) is 3.90. The summed E-state index contributed by atoms with van der Waals surface area (Å²) in [5, 5.41) is 10.3. The van der Waals surface area contributed by atoms with Crippen LogP contribution in [0.4, 0.5) is 0 Å². The Balaban J connectivity index is 2.12. The Kier molecular flexibility index (Phi) is 2.87. The molecule has 1 aliphatic heterocycles. The fourth-order valence-corrected chi connectivity index (χ4v) is 3.05. The van der Waals surface area contributed by atoms with E-state index in [0.717, 1.165) is 5.56 Å². The lowest BCUT2D eigenvalue weighted by molar-refractivity contribution is -0.0290. The van der Waals surface area contributed by atoms with Crippen LogP contribution >= 0.6 is 0 Å². The van der Waals surface area contributed by atoms with Gasteiger partial charge in [-0.1, -0.05) is 12.1 Å². The first-order valence-electron chi connectivity index (χ1n) is 6.73. The van der Waals surface area contributed by atoms with Crippen molar-refractivity contribution < 1.29 is 19.4 Å². The Labute approximate surface area is 118 Å². The molecular weight excluding hydrogens is 256 g/mol. The van der Waals surface area contributed by atoms with Crippen LogP contribution in [0.2, 0.25) is 0 Å². The predicted molar refractivity (Wildman–Crippen MR) is 73.8 cm³/mol. The Hall–Kier alpha value is -1.81. The van der Waals surface area contributed by atoms with E-state index in [1.807, 2.05) is 19.9 Å². The summed E-state index contributed by atoms with van der Waals surface area (Å²) >= 11 is 0. The number of methoxy groups -OCH3 is 1. The van der Waals surface area contributed by atoms with Crippen molar-refractivity contribution in [1.29, 1.82) is 0 Å². The molecule has 0 bridgehead atoms. The molecule has 1 aromatic carbocycles. The lowest BCUT2D eigenvalue weighted by Crippen LogP contribution is -2.40. The number of carbonyl (C=O) groups excluding carboxylic acids is 1. The summed E-state index contributed by atoms with van der Waals surface area (Å²) in [4.78, 5) is 12.6. The molecule has 0 spiro atoms. The van der Waals surface area contributed by atoms with E-state index in [9.17, 15) is 9.90 Å². The first-order chi connectivity index (χ1) is 9.43. The zero-order valence-corrected chi connectivity index (χ0v) is 11.9. The van der Waals surface area contributed by atoms with E-state index in [4.69, 9.17) is 9.47 Å². The van der Waals surface area contributed by atoms with Gasteiger partial charge in [0.05, 0.1) is 18.8 Å². The maximum atomic E-state index is 12.6. The van der Waals surface area contributed by atoms with Crippen LogP contribution in [0, 0.1) is 0 Å². The van der Waals surface area contributed by atoms with Gasteiger partial charge in [-0.2, -0.15) is 0 Å². The van der Waals surface area contributed by atoms with E-state index in [1.54, 1.807) is 19.2 Å². The average molecular weight is 274 g/mol. The van der Waals surface area contributed by atoms with Crippen molar-refractivity contribution in [2.24, 2.45) is 0 Å². The summed E-state index contributed by atoms with van der Waals surface area (Å²) in [7, 11) is 1.59. The second kappa shape index (κ2) is 4.35. The molecule has 1 heterocycles. The summed E-state index contributed by atoms with van der Waals surface area (Å²) in [6.07, 6.45) is 0.151. The van der Waals surface area contributed by atoms with Gasteiger partial charge in [-0.15, -0.1) is 0 Å². The molecule has 1 N–H and O–H groups in total. The van der Waals surface area contributed by atoms with Crippen molar-refractivity contribution in [1.82, 2.24) is 0 Å². The molecule has 0 unspecified atom stereocenters. The molecule has 106 valence electrons. The van der Waals surface area contributed by atoms with Crippen LogP contribution in [-0.4, -0.2) is 29.7 Å². The van der Waals surface area contributed by atoms with Crippen molar-refractivity contribution in [3.8, 4) is 5.75 Å². The minimum absolute atomic E-state index is 0.150. The smallest absolute Gasteiger partial charge is 0.195 e. The van der Waals surface area contributed by atoms with E-state index in [-0.39, 0.29) is 5.78 Å². The topological polar surface area (TPSA) is 55.8 Å². The van der Waals surface area contributed by atoms with Crippen LogP contribution in [0.1, 0.15) is 36.2 Å². The summed E-state index contributed by atoms with van der Waals surface area (Å²) in [6.45, 7) is 3.84. The quantitative estimate of drug-likeness (QED) is 0.853. The van der Waals surface area contributed by atoms with Gasteiger partial charge in [0.15, 0.2) is 5.78 Å². The Morgan fingerprint density at radius 3 is 2.85 bits per heavy atom. The highest BCUT2D eigenvalue weighted by atomic mass is 16.5. The van der Waals surface area contributed by atoms with Gasteiger partial charge >= 0.3 is 0 Å². The van der Waals surface area contributed by atoms with Gasteiger partial charge in [0, 0.05) is 24.0 Å². The fourth-order valence-electron chi connectivity index (χ4n) is 3.05. The number of Topliss-reactive ketones (excluding diaryl/α,β-unsaturated/α-hetero) is 1. The Morgan fingerprint density at radius 1 is 1.40 bits per heavy atom. The monoisotopic (exact) mass is 274 g/mol. The molecule has 0 amide bonds. The molecule has 1 aromatic rings. The zero-order valence-electron chi connectivity index (χ0n) is 11.9. The number of ether oxygens (including phenoxy) is 2. The molecular formula is C16H18O4. The minimum atomic E-state index is -0.763. The third-order valence-electron chi connectivity index (χ3n) is 3.90. The van der Waals surface area contributed by atoms with Gasteiger partial charge < -0.3 is 14.6 Å². The first-order valence-corrected chi connectivity index (χ1v) is 6.73. The van der Waals surface area contributed by atoms with Gasteiger partial charge in [-0.3, -0.25) is 4.79 Å². The number of carbonyl (C=O) groups is 1. The number of hydrogen-bond donors (Lipinski definition) is 1. The van der Waals surface area contributed by atoms with Crippen molar-refractivity contribution in [3.63, 3.8) is 0 Å². The average Bonchev–Trinajstić information content (AvgIpc) is 2.36. The molecule has 4 heteroatoms. The number of aliphatic hydroxyl groups excluding tert-OH is 1. The number of fused-ring (bicyclic) bond motifs is 1.